The van der Waals surface area contributed by atoms with Gasteiger partial charge in [-0.3, -0.25) is 14.4 Å². The normalized spacial score (nSPS) is 15.7. The van der Waals surface area contributed by atoms with E-state index in [9.17, 15) is 14.4 Å². The fourth-order valence-electron chi connectivity index (χ4n) is 3.41. The third-order valence-corrected chi connectivity index (χ3v) is 4.70. The number of carboxylic acids is 1. The molecular weight excluding hydrogens is 320 g/mol. The minimum Gasteiger partial charge on any atom is -0.481 e. The van der Waals surface area contributed by atoms with Crippen LogP contribution in [0, 0.1) is 0 Å². The Balaban J connectivity index is 1.72. The number of carbonyl (C=O) groups excluding carboxylic acids is 2. The summed E-state index contributed by atoms with van der Waals surface area (Å²) < 4.78 is 0. The number of hydrogen-bond donors (Lipinski definition) is 3. The van der Waals surface area contributed by atoms with Gasteiger partial charge in [-0.2, -0.15) is 0 Å². The molecule has 0 aliphatic heterocycles. The molecule has 0 bridgehead atoms. The average Bonchev–Trinajstić information content (AvgIpc) is 3.26. The van der Waals surface area contributed by atoms with Crippen molar-refractivity contribution < 1.29 is 19.5 Å². The molecule has 1 aromatic carbocycles. The number of aromatic amines is 1. The van der Waals surface area contributed by atoms with E-state index in [0.717, 1.165) is 12.8 Å². The van der Waals surface area contributed by atoms with Crippen molar-refractivity contribution in [2.24, 2.45) is 0 Å². The lowest BCUT2D eigenvalue weighted by atomic mass is 9.92. The number of H-pyrrole nitrogens is 1. The standard InChI is InChI=1S/C19H20N2O4/c22-16(23)11-19(8-1-2-9-19)21-18(25)14-5-3-13(4-6-14)17(24)15-7-10-20-12-15/h3-7,10,12,20H,1-2,8-9,11H2,(H,21,25)(H,22,23). The second-order valence-electron chi connectivity index (χ2n) is 6.52. The predicted molar refractivity (Wildman–Crippen MR) is 91.6 cm³/mol. The number of hydrogen-bond acceptors (Lipinski definition) is 3. The first-order chi connectivity index (χ1) is 12.0. The minimum atomic E-state index is -0.908. The van der Waals surface area contributed by atoms with Gasteiger partial charge in [0.05, 0.1) is 12.0 Å². The second kappa shape index (κ2) is 6.93. The van der Waals surface area contributed by atoms with E-state index in [-0.39, 0.29) is 18.1 Å². The second-order valence-corrected chi connectivity index (χ2v) is 6.52. The molecule has 3 rings (SSSR count). The van der Waals surface area contributed by atoms with Gasteiger partial charge in [-0.25, -0.2) is 0 Å². The number of amides is 1. The quantitative estimate of drug-likeness (QED) is 0.704. The van der Waals surface area contributed by atoms with Crippen LogP contribution in [0.25, 0.3) is 0 Å². The van der Waals surface area contributed by atoms with E-state index in [1.54, 1.807) is 42.7 Å². The van der Waals surface area contributed by atoms with Crippen LogP contribution in [0.4, 0.5) is 0 Å². The molecule has 6 nitrogen and oxygen atoms in total. The summed E-state index contributed by atoms with van der Waals surface area (Å²) in [6.45, 7) is 0. The highest BCUT2D eigenvalue weighted by molar-refractivity contribution is 6.09. The zero-order valence-electron chi connectivity index (χ0n) is 13.7. The van der Waals surface area contributed by atoms with Crippen LogP contribution in [0.2, 0.25) is 0 Å². The van der Waals surface area contributed by atoms with E-state index in [0.29, 0.717) is 29.5 Å². The number of ketones is 1. The average molecular weight is 340 g/mol. The number of aromatic nitrogens is 1. The monoisotopic (exact) mass is 340 g/mol. The molecule has 130 valence electrons. The lowest BCUT2D eigenvalue weighted by Gasteiger charge is -2.28. The summed E-state index contributed by atoms with van der Waals surface area (Å²) >= 11 is 0. The molecule has 0 radical (unpaired) electrons. The molecule has 1 aliphatic carbocycles. The Labute approximate surface area is 145 Å². The molecule has 1 fully saturated rings. The van der Waals surface area contributed by atoms with Crippen LogP contribution in [0.3, 0.4) is 0 Å². The highest BCUT2D eigenvalue weighted by Gasteiger charge is 2.37. The van der Waals surface area contributed by atoms with E-state index < -0.39 is 11.5 Å². The van der Waals surface area contributed by atoms with Crippen LogP contribution in [-0.4, -0.2) is 33.3 Å². The molecule has 1 aliphatic rings. The lowest BCUT2D eigenvalue weighted by Crippen LogP contribution is -2.47. The highest BCUT2D eigenvalue weighted by atomic mass is 16.4. The smallest absolute Gasteiger partial charge is 0.305 e. The molecule has 3 N–H and O–H groups in total. The van der Waals surface area contributed by atoms with Crippen LogP contribution >= 0.6 is 0 Å². The maximum Gasteiger partial charge on any atom is 0.305 e. The fraction of sp³-hybridized carbons (Fsp3) is 0.316. The van der Waals surface area contributed by atoms with Crippen molar-refractivity contribution in [1.29, 1.82) is 0 Å². The van der Waals surface area contributed by atoms with Crippen molar-refractivity contribution in [2.45, 2.75) is 37.6 Å². The van der Waals surface area contributed by atoms with Crippen molar-refractivity contribution >= 4 is 17.7 Å². The molecule has 6 heteroatoms. The molecule has 0 saturated heterocycles. The molecule has 1 heterocycles. The molecule has 0 unspecified atom stereocenters. The van der Waals surface area contributed by atoms with Crippen LogP contribution in [-0.2, 0) is 4.79 Å². The first kappa shape index (κ1) is 17.0. The molecule has 0 spiro atoms. The maximum absolute atomic E-state index is 12.5. The summed E-state index contributed by atoms with van der Waals surface area (Å²) in [6, 6.07) is 8.11. The van der Waals surface area contributed by atoms with Gasteiger partial charge < -0.3 is 15.4 Å². The molecule has 2 aromatic rings. The summed E-state index contributed by atoms with van der Waals surface area (Å²) in [5.41, 5.74) is 0.811. The largest absolute Gasteiger partial charge is 0.481 e. The van der Waals surface area contributed by atoms with Gasteiger partial charge in [-0.15, -0.1) is 0 Å². The first-order valence-electron chi connectivity index (χ1n) is 8.31. The van der Waals surface area contributed by atoms with Crippen LogP contribution in [0.5, 0.6) is 0 Å². The lowest BCUT2D eigenvalue weighted by molar-refractivity contribution is -0.138. The Bertz CT molecular complexity index is 772. The van der Waals surface area contributed by atoms with Crippen LogP contribution < -0.4 is 5.32 Å². The summed E-state index contributed by atoms with van der Waals surface area (Å²) in [6.07, 6.45) is 6.42. The van der Waals surface area contributed by atoms with Gasteiger partial charge in [0.2, 0.25) is 0 Å². The van der Waals surface area contributed by atoms with E-state index in [1.165, 1.54) is 0 Å². The third-order valence-electron chi connectivity index (χ3n) is 4.70. The minimum absolute atomic E-state index is 0.0667. The van der Waals surface area contributed by atoms with Crippen LogP contribution in [0.1, 0.15) is 58.4 Å². The van der Waals surface area contributed by atoms with E-state index in [1.807, 2.05) is 0 Å². The van der Waals surface area contributed by atoms with Gasteiger partial charge in [0.15, 0.2) is 5.78 Å². The molecule has 1 amide bonds. The maximum atomic E-state index is 12.5. The van der Waals surface area contributed by atoms with Gasteiger partial charge in [0, 0.05) is 29.1 Å². The molecule has 25 heavy (non-hydrogen) atoms. The van der Waals surface area contributed by atoms with Crippen molar-refractivity contribution in [3.05, 3.63) is 59.4 Å². The first-order valence-corrected chi connectivity index (χ1v) is 8.31. The predicted octanol–water partition coefficient (Wildman–Crippen LogP) is 2.76. The van der Waals surface area contributed by atoms with E-state index >= 15 is 0 Å². The Morgan fingerprint density at radius 3 is 2.20 bits per heavy atom. The van der Waals surface area contributed by atoms with Gasteiger partial charge in [0.1, 0.15) is 0 Å². The number of aliphatic carboxylic acids is 1. The SMILES string of the molecule is O=C(O)CC1(NC(=O)c2ccc(C(=O)c3cc[nH]c3)cc2)CCCC1. The topological polar surface area (TPSA) is 99.3 Å². The number of carbonyl (C=O) groups is 3. The van der Waals surface area contributed by atoms with Crippen molar-refractivity contribution in [3.63, 3.8) is 0 Å². The summed E-state index contributed by atoms with van der Waals surface area (Å²) in [5.74, 6) is -1.33. The van der Waals surface area contributed by atoms with Gasteiger partial charge in [0.25, 0.3) is 5.91 Å². The van der Waals surface area contributed by atoms with E-state index in [2.05, 4.69) is 10.3 Å². The molecule has 0 atom stereocenters. The Hall–Kier alpha value is -2.89. The number of carboxylic acid groups (broad SMARTS) is 1. The molecule has 1 saturated carbocycles. The Morgan fingerprint density at radius 1 is 1.00 bits per heavy atom. The van der Waals surface area contributed by atoms with Crippen LogP contribution in [0.15, 0.2) is 42.7 Å². The third kappa shape index (κ3) is 3.79. The highest BCUT2D eigenvalue weighted by Crippen LogP contribution is 2.33. The summed E-state index contributed by atoms with van der Waals surface area (Å²) in [4.78, 5) is 38.7. The van der Waals surface area contributed by atoms with Crippen molar-refractivity contribution in [3.8, 4) is 0 Å². The van der Waals surface area contributed by atoms with Gasteiger partial charge >= 0.3 is 5.97 Å². The summed E-state index contributed by atoms with van der Waals surface area (Å²) in [7, 11) is 0. The molecular formula is C19H20N2O4. The Morgan fingerprint density at radius 2 is 1.64 bits per heavy atom. The number of nitrogens with one attached hydrogen (secondary N) is 2. The van der Waals surface area contributed by atoms with Crippen molar-refractivity contribution in [1.82, 2.24) is 10.3 Å². The zero-order chi connectivity index (χ0) is 17.9. The Kier molecular flexibility index (Phi) is 4.70. The van der Waals surface area contributed by atoms with Gasteiger partial charge in [-0.05, 0) is 31.0 Å². The molecule has 1 aromatic heterocycles. The fourth-order valence-corrected chi connectivity index (χ4v) is 3.41. The summed E-state index contributed by atoms with van der Waals surface area (Å²) in [5, 5.41) is 12.0. The number of benzene rings is 1. The van der Waals surface area contributed by atoms with Gasteiger partial charge in [-0.1, -0.05) is 25.0 Å². The number of rotatable bonds is 6. The van der Waals surface area contributed by atoms with E-state index in [4.69, 9.17) is 5.11 Å². The zero-order valence-corrected chi connectivity index (χ0v) is 13.7. The van der Waals surface area contributed by atoms with Crippen molar-refractivity contribution in [2.75, 3.05) is 0 Å².